The molecule has 0 bridgehead atoms. The van der Waals surface area contributed by atoms with Crippen molar-refractivity contribution >= 4 is 5.91 Å². The van der Waals surface area contributed by atoms with Crippen molar-refractivity contribution in [3.05, 3.63) is 0 Å². The first-order valence-electron chi connectivity index (χ1n) is 8.49. The van der Waals surface area contributed by atoms with E-state index in [-0.39, 0.29) is 11.3 Å². The Bertz CT molecular complexity index is 334. The molecular formula is C17H32N2O. The average Bonchev–Trinajstić information content (AvgIpc) is 2.88. The number of amides is 1. The highest BCUT2D eigenvalue weighted by atomic mass is 16.2. The zero-order valence-corrected chi connectivity index (χ0v) is 13.5. The Kier molecular flexibility index (Phi) is 5.11. The molecule has 3 atom stereocenters. The highest BCUT2D eigenvalue weighted by molar-refractivity contribution is 5.83. The summed E-state index contributed by atoms with van der Waals surface area (Å²) in [5.41, 5.74) is 5.67. The number of carbonyl (C=O) groups is 1. The number of hydrogen-bond donors (Lipinski definition) is 2. The van der Waals surface area contributed by atoms with Gasteiger partial charge in [-0.1, -0.05) is 40.0 Å². The molecule has 0 aromatic carbocycles. The molecular weight excluding hydrogens is 248 g/mol. The lowest BCUT2D eigenvalue weighted by Gasteiger charge is -2.39. The van der Waals surface area contributed by atoms with Gasteiger partial charge in [-0.2, -0.15) is 0 Å². The Morgan fingerprint density at radius 1 is 1.30 bits per heavy atom. The maximum Gasteiger partial charge on any atom is 0.227 e. The SMILES string of the molecule is CC1CCC(C(C)C)C(NC(=O)C2(CN)CCCC2)C1. The highest BCUT2D eigenvalue weighted by Crippen LogP contribution is 2.39. The number of nitrogens with two attached hydrogens (primary N) is 1. The van der Waals surface area contributed by atoms with Crippen LogP contribution in [0.4, 0.5) is 0 Å². The highest BCUT2D eigenvalue weighted by Gasteiger charge is 2.42. The van der Waals surface area contributed by atoms with Crippen LogP contribution >= 0.6 is 0 Å². The first-order chi connectivity index (χ1) is 9.48. The fraction of sp³-hybridized carbons (Fsp3) is 0.941. The minimum absolute atomic E-state index is 0.238. The Labute approximate surface area is 124 Å². The van der Waals surface area contributed by atoms with Gasteiger partial charge in [0.15, 0.2) is 0 Å². The van der Waals surface area contributed by atoms with Crippen LogP contribution in [-0.4, -0.2) is 18.5 Å². The average molecular weight is 280 g/mol. The summed E-state index contributed by atoms with van der Waals surface area (Å²) in [5.74, 6) is 2.24. The van der Waals surface area contributed by atoms with E-state index in [4.69, 9.17) is 5.73 Å². The summed E-state index contributed by atoms with van der Waals surface area (Å²) in [7, 11) is 0. The standard InChI is InChI=1S/C17H32N2O/c1-12(2)14-7-6-13(3)10-15(14)19-16(20)17(11-18)8-4-5-9-17/h12-15H,4-11,18H2,1-3H3,(H,19,20). The van der Waals surface area contributed by atoms with Gasteiger partial charge in [0.2, 0.25) is 5.91 Å². The lowest BCUT2D eigenvalue weighted by molar-refractivity contribution is -0.132. The summed E-state index contributed by atoms with van der Waals surface area (Å²) in [4.78, 5) is 12.8. The summed E-state index contributed by atoms with van der Waals surface area (Å²) >= 11 is 0. The van der Waals surface area contributed by atoms with E-state index in [1.165, 1.54) is 12.8 Å². The van der Waals surface area contributed by atoms with Gasteiger partial charge in [-0.25, -0.2) is 0 Å². The predicted molar refractivity (Wildman–Crippen MR) is 83.2 cm³/mol. The van der Waals surface area contributed by atoms with Crippen LogP contribution in [0.3, 0.4) is 0 Å². The van der Waals surface area contributed by atoms with Crippen LogP contribution in [0.25, 0.3) is 0 Å². The molecule has 3 heteroatoms. The molecule has 20 heavy (non-hydrogen) atoms. The van der Waals surface area contributed by atoms with Crippen LogP contribution in [0, 0.1) is 23.2 Å². The quantitative estimate of drug-likeness (QED) is 0.831. The summed E-state index contributed by atoms with van der Waals surface area (Å²) < 4.78 is 0. The van der Waals surface area contributed by atoms with Crippen LogP contribution in [-0.2, 0) is 4.79 Å². The second-order valence-electron chi connectivity index (χ2n) is 7.60. The monoisotopic (exact) mass is 280 g/mol. The van der Waals surface area contributed by atoms with E-state index < -0.39 is 0 Å². The number of hydrogen-bond acceptors (Lipinski definition) is 2. The van der Waals surface area contributed by atoms with Gasteiger partial charge in [0.1, 0.15) is 0 Å². The molecule has 0 heterocycles. The maximum absolute atomic E-state index is 12.8. The lowest BCUT2D eigenvalue weighted by atomic mass is 9.73. The third-order valence-electron chi connectivity index (χ3n) is 5.77. The number of rotatable bonds is 4. The minimum atomic E-state index is -0.262. The van der Waals surface area contributed by atoms with Gasteiger partial charge < -0.3 is 11.1 Å². The molecule has 3 N–H and O–H groups in total. The first kappa shape index (κ1) is 15.8. The van der Waals surface area contributed by atoms with Crippen LogP contribution in [0.5, 0.6) is 0 Å². The summed E-state index contributed by atoms with van der Waals surface area (Å²) in [6, 6.07) is 0.357. The van der Waals surface area contributed by atoms with Crippen LogP contribution < -0.4 is 11.1 Å². The van der Waals surface area contributed by atoms with Gasteiger partial charge in [-0.05, 0) is 43.4 Å². The minimum Gasteiger partial charge on any atom is -0.353 e. The van der Waals surface area contributed by atoms with E-state index in [9.17, 15) is 4.79 Å². The van der Waals surface area contributed by atoms with Crippen molar-refractivity contribution in [3.8, 4) is 0 Å². The molecule has 0 aliphatic heterocycles. The van der Waals surface area contributed by atoms with Crippen LogP contribution in [0.1, 0.15) is 65.7 Å². The van der Waals surface area contributed by atoms with E-state index in [0.717, 1.165) is 38.0 Å². The molecule has 0 aromatic heterocycles. The van der Waals surface area contributed by atoms with Gasteiger partial charge >= 0.3 is 0 Å². The van der Waals surface area contributed by atoms with Crippen LogP contribution in [0.15, 0.2) is 0 Å². The van der Waals surface area contributed by atoms with Crippen molar-refractivity contribution in [3.63, 3.8) is 0 Å². The van der Waals surface area contributed by atoms with E-state index in [0.29, 0.717) is 24.4 Å². The van der Waals surface area contributed by atoms with Gasteiger partial charge in [0.25, 0.3) is 0 Å². The topological polar surface area (TPSA) is 55.1 Å². The van der Waals surface area contributed by atoms with E-state index in [1.54, 1.807) is 0 Å². The molecule has 2 aliphatic carbocycles. The van der Waals surface area contributed by atoms with Gasteiger partial charge in [0.05, 0.1) is 5.41 Å². The van der Waals surface area contributed by atoms with Crippen molar-refractivity contribution < 1.29 is 4.79 Å². The zero-order chi connectivity index (χ0) is 14.8. The Morgan fingerprint density at radius 2 is 1.95 bits per heavy atom. The van der Waals surface area contributed by atoms with Crippen LogP contribution in [0.2, 0.25) is 0 Å². The van der Waals surface area contributed by atoms with E-state index >= 15 is 0 Å². The smallest absolute Gasteiger partial charge is 0.227 e. The zero-order valence-electron chi connectivity index (χ0n) is 13.5. The van der Waals surface area contributed by atoms with Gasteiger partial charge in [0, 0.05) is 12.6 Å². The largest absolute Gasteiger partial charge is 0.353 e. The molecule has 116 valence electrons. The van der Waals surface area contributed by atoms with E-state index in [2.05, 4.69) is 26.1 Å². The van der Waals surface area contributed by atoms with E-state index in [1.807, 2.05) is 0 Å². The molecule has 0 saturated heterocycles. The molecule has 3 unspecified atom stereocenters. The predicted octanol–water partition coefficient (Wildman–Crippen LogP) is 3.08. The van der Waals surface area contributed by atoms with Crippen molar-refractivity contribution in [1.29, 1.82) is 0 Å². The summed E-state index contributed by atoms with van der Waals surface area (Å²) in [5, 5.41) is 3.40. The summed E-state index contributed by atoms with van der Waals surface area (Å²) in [6.45, 7) is 7.39. The number of carbonyl (C=O) groups excluding carboxylic acids is 1. The third-order valence-corrected chi connectivity index (χ3v) is 5.77. The van der Waals surface area contributed by atoms with Gasteiger partial charge in [-0.15, -0.1) is 0 Å². The van der Waals surface area contributed by atoms with Crippen molar-refractivity contribution in [2.24, 2.45) is 28.9 Å². The molecule has 3 nitrogen and oxygen atoms in total. The molecule has 0 spiro atoms. The normalized spacial score (nSPS) is 33.4. The molecule has 2 saturated carbocycles. The van der Waals surface area contributed by atoms with Gasteiger partial charge in [-0.3, -0.25) is 4.79 Å². The molecule has 2 fully saturated rings. The Hall–Kier alpha value is -0.570. The van der Waals surface area contributed by atoms with Crippen molar-refractivity contribution in [1.82, 2.24) is 5.32 Å². The Morgan fingerprint density at radius 3 is 2.50 bits per heavy atom. The lowest BCUT2D eigenvalue weighted by Crippen LogP contribution is -2.52. The molecule has 2 rings (SSSR count). The fourth-order valence-corrected chi connectivity index (χ4v) is 4.27. The summed E-state index contributed by atoms with van der Waals surface area (Å²) in [6.07, 6.45) is 7.94. The second kappa shape index (κ2) is 6.46. The number of nitrogens with one attached hydrogen (secondary N) is 1. The maximum atomic E-state index is 12.8. The molecule has 2 aliphatic rings. The van der Waals surface area contributed by atoms with Crippen molar-refractivity contribution in [2.45, 2.75) is 71.8 Å². The first-order valence-corrected chi connectivity index (χ1v) is 8.49. The molecule has 0 radical (unpaired) electrons. The second-order valence-corrected chi connectivity index (χ2v) is 7.60. The third kappa shape index (κ3) is 3.19. The van der Waals surface area contributed by atoms with Crippen molar-refractivity contribution in [2.75, 3.05) is 6.54 Å². The Balaban J connectivity index is 2.03. The molecule has 1 amide bonds. The molecule has 0 aromatic rings. The fourth-order valence-electron chi connectivity index (χ4n) is 4.27.